The van der Waals surface area contributed by atoms with E-state index in [-0.39, 0.29) is 11.9 Å². The van der Waals surface area contributed by atoms with Gasteiger partial charge >= 0.3 is 0 Å². The second-order valence-electron chi connectivity index (χ2n) is 4.63. The van der Waals surface area contributed by atoms with Gasteiger partial charge in [0.05, 0.1) is 6.04 Å². The first-order valence-corrected chi connectivity index (χ1v) is 7.52. The Kier molecular flexibility index (Phi) is 3.51. The average Bonchev–Trinajstić information content (AvgIpc) is 3.07. The number of H-pyrrole nitrogens is 1. The van der Waals surface area contributed by atoms with E-state index in [1.54, 1.807) is 17.4 Å². The minimum Gasteiger partial charge on any atom is -0.351 e. The number of rotatable bonds is 3. The summed E-state index contributed by atoms with van der Waals surface area (Å²) in [5.74, 6) is -0.113. The Labute approximate surface area is 125 Å². The molecule has 0 aliphatic rings. The molecule has 0 bridgehead atoms. The van der Waals surface area contributed by atoms with Crippen LogP contribution >= 0.6 is 22.9 Å². The number of carbonyl (C=O) groups excluding carboxylic acids is 1. The molecule has 0 aliphatic heterocycles. The Morgan fingerprint density at radius 1 is 1.35 bits per heavy atom. The summed E-state index contributed by atoms with van der Waals surface area (Å²) in [6, 6.07) is 11.3. The molecule has 20 heavy (non-hydrogen) atoms. The molecule has 102 valence electrons. The van der Waals surface area contributed by atoms with Crippen LogP contribution in [0.1, 0.15) is 28.3 Å². The number of hydrogen-bond donors (Lipinski definition) is 2. The quantitative estimate of drug-likeness (QED) is 0.741. The van der Waals surface area contributed by atoms with Gasteiger partial charge in [0.2, 0.25) is 0 Å². The zero-order chi connectivity index (χ0) is 14.1. The highest BCUT2D eigenvalue weighted by Crippen LogP contribution is 2.22. The number of thiophene rings is 1. The maximum absolute atomic E-state index is 12.2. The molecule has 3 nitrogen and oxygen atoms in total. The molecule has 0 saturated heterocycles. The fourth-order valence-corrected chi connectivity index (χ4v) is 3.02. The highest BCUT2D eigenvalue weighted by atomic mass is 35.5. The molecule has 2 heterocycles. The Balaban J connectivity index is 1.82. The van der Waals surface area contributed by atoms with Crippen LogP contribution in [0.2, 0.25) is 5.02 Å². The highest BCUT2D eigenvalue weighted by molar-refractivity contribution is 7.10. The molecule has 1 amide bonds. The van der Waals surface area contributed by atoms with Crippen molar-refractivity contribution in [3.63, 3.8) is 0 Å². The third kappa shape index (κ3) is 2.57. The number of carbonyl (C=O) groups is 1. The van der Waals surface area contributed by atoms with Crippen molar-refractivity contribution in [2.75, 3.05) is 0 Å². The van der Waals surface area contributed by atoms with E-state index in [9.17, 15) is 4.79 Å². The van der Waals surface area contributed by atoms with Crippen molar-refractivity contribution in [2.24, 2.45) is 0 Å². The predicted octanol–water partition coefficient (Wildman–Crippen LogP) is 4.37. The Morgan fingerprint density at radius 2 is 2.20 bits per heavy atom. The van der Waals surface area contributed by atoms with E-state index in [1.165, 1.54) is 0 Å². The zero-order valence-electron chi connectivity index (χ0n) is 10.8. The molecule has 5 heteroatoms. The number of nitrogens with one attached hydrogen (secondary N) is 2. The molecule has 0 spiro atoms. The van der Waals surface area contributed by atoms with Crippen molar-refractivity contribution in [1.82, 2.24) is 10.3 Å². The molecule has 0 saturated carbocycles. The van der Waals surface area contributed by atoms with Gasteiger partial charge in [-0.05, 0) is 42.6 Å². The van der Waals surface area contributed by atoms with Gasteiger partial charge in [0.15, 0.2) is 0 Å². The SMILES string of the molecule is CC(NC(=O)c1cc2cc(Cl)ccc2[nH]1)c1cccs1. The fourth-order valence-electron chi connectivity index (χ4n) is 2.11. The Hall–Kier alpha value is -1.78. The van der Waals surface area contributed by atoms with Gasteiger partial charge in [0.25, 0.3) is 5.91 Å². The lowest BCUT2D eigenvalue weighted by molar-refractivity contribution is 0.0936. The predicted molar refractivity (Wildman–Crippen MR) is 83.5 cm³/mol. The van der Waals surface area contributed by atoms with Gasteiger partial charge in [0, 0.05) is 20.8 Å². The minimum atomic E-state index is -0.113. The molecule has 3 aromatic rings. The summed E-state index contributed by atoms with van der Waals surface area (Å²) in [5, 5.41) is 6.58. The van der Waals surface area contributed by atoms with Gasteiger partial charge in [-0.3, -0.25) is 4.79 Å². The van der Waals surface area contributed by atoms with Gasteiger partial charge < -0.3 is 10.3 Å². The summed E-state index contributed by atoms with van der Waals surface area (Å²) in [4.78, 5) is 16.5. The van der Waals surface area contributed by atoms with Gasteiger partial charge in [-0.15, -0.1) is 11.3 Å². The molecule has 3 rings (SSSR count). The molecule has 0 aliphatic carbocycles. The number of hydrogen-bond acceptors (Lipinski definition) is 2. The molecule has 0 fully saturated rings. The number of benzene rings is 1. The minimum absolute atomic E-state index is 0.00231. The Bertz CT molecular complexity index is 748. The summed E-state index contributed by atoms with van der Waals surface area (Å²) in [7, 11) is 0. The number of halogens is 1. The number of aromatic amines is 1. The number of aromatic nitrogens is 1. The summed E-state index contributed by atoms with van der Waals surface area (Å²) in [6.07, 6.45) is 0. The third-order valence-corrected chi connectivity index (χ3v) is 4.44. The van der Waals surface area contributed by atoms with Crippen LogP contribution in [0.25, 0.3) is 10.9 Å². The molecular weight excluding hydrogens is 292 g/mol. The van der Waals surface area contributed by atoms with Crippen LogP contribution < -0.4 is 5.32 Å². The topological polar surface area (TPSA) is 44.9 Å². The standard InChI is InChI=1S/C15H13ClN2OS/c1-9(14-3-2-6-20-14)17-15(19)13-8-10-7-11(16)4-5-12(10)18-13/h2-9,18H,1H3,(H,17,19). The smallest absolute Gasteiger partial charge is 0.268 e. The van der Waals surface area contributed by atoms with Crippen molar-refractivity contribution in [3.05, 3.63) is 57.4 Å². The van der Waals surface area contributed by atoms with Crippen LogP contribution in [0.4, 0.5) is 0 Å². The first-order chi connectivity index (χ1) is 9.63. The van der Waals surface area contributed by atoms with Crippen molar-refractivity contribution in [1.29, 1.82) is 0 Å². The van der Waals surface area contributed by atoms with Crippen LogP contribution in [-0.4, -0.2) is 10.9 Å². The van der Waals surface area contributed by atoms with E-state index >= 15 is 0 Å². The van der Waals surface area contributed by atoms with Gasteiger partial charge in [-0.2, -0.15) is 0 Å². The Morgan fingerprint density at radius 3 is 2.95 bits per heavy atom. The second-order valence-corrected chi connectivity index (χ2v) is 6.04. The summed E-state index contributed by atoms with van der Waals surface area (Å²) >= 11 is 7.58. The number of amides is 1. The third-order valence-electron chi connectivity index (χ3n) is 3.14. The summed E-state index contributed by atoms with van der Waals surface area (Å²) in [6.45, 7) is 1.98. The number of fused-ring (bicyclic) bond motifs is 1. The molecule has 2 aromatic heterocycles. The van der Waals surface area contributed by atoms with Crippen LogP contribution in [0, 0.1) is 0 Å². The monoisotopic (exact) mass is 304 g/mol. The first-order valence-electron chi connectivity index (χ1n) is 6.26. The van der Waals surface area contributed by atoms with E-state index in [0.717, 1.165) is 15.8 Å². The largest absolute Gasteiger partial charge is 0.351 e. The van der Waals surface area contributed by atoms with Crippen LogP contribution in [-0.2, 0) is 0 Å². The van der Waals surface area contributed by atoms with Crippen molar-refractivity contribution in [3.8, 4) is 0 Å². The van der Waals surface area contributed by atoms with Gasteiger partial charge in [0.1, 0.15) is 5.69 Å². The molecule has 2 N–H and O–H groups in total. The lowest BCUT2D eigenvalue weighted by atomic mass is 10.2. The van der Waals surface area contributed by atoms with Crippen LogP contribution in [0.3, 0.4) is 0 Å². The second kappa shape index (κ2) is 5.31. The first kappa shape index (κ1) is 13.2. The van der Waals surface area contributed by atoms with E-state index in [0.29, 0.717) is 10.7 Å². The van der Waals surface area contributed by atoms with E-state index in [2.05, 4.69) is 10.3 Å². The fraction of sp³-hybridized carbons (Fsp3) is 0.133. The summed E-state index contributed by atoms with van der Waals surface area (Å²) < 4.78 is 0. The van der Waals surface area contributed by atoms with Crippen molar-refractivity contribution >= 4 is 39.7 Å². The lowest BCUT2D eigenvalue weighted by Gasteiger charge is -2.10. The van der Waals surface area contributed by atoms with Gasteiger partial charge in [-0.1, -0.05) is 17.7 Å². The molecule has 1 atom stereocenters. The van der Waals surface area contributed by atoms with E-state index in [4.69, 9.17) is 11.6 Å². The lowest BCUT2D eigenvalue weighted by Crippen LogP contribution is -2.26. The van der Waals surface area contributed by atoms with Crippen molar-refractivity contribution < 1.29 is 4.79 Å². The summed E-state index contributed by atoms with van der Waals surface area (Å²) in [5.41, 5.74) is 1.45. The molecular formula is C15H13ClN2OS. The van der Waals surface area contributed by atoms with Crippen LogP contribution in [0.15, 0.2) is 41.8 Å². The van der Waals surface area contributed by atoms with E-state index < -0.39 is 0 Å². The highest BCUT2D eigenvalue weighted by Gasteiger charge is 2.14. The maximum atomic E-state index is 12.2. The normalized spacial score (nSPS) is 12.5. The maximum Gasteiger partial charge on any atom is 0.268 e. The molecule has 1 aromatic carbocycles. The van der Waals surface area contributed by atoms with Crippen LogP contribution in [0.5, 0.6) is 0 Å². The van der Waals surface area contributed by atoms with E-state index in [1.807, 2.05) is 42.6 Å². The molecule has 1 unspecified atom stereocenters. The van der Waals surface area contributed by atoms with Crippen molar-refractivity contribution in [2.45, 2.75) is 13.0 Å². The average molecular weight is 305 g/mol. The molecule has 0 radical (unpaired) electrons. The zero-order valence-corrected chi connectivity index (χ0v) is 12.4. The van der Waals surface area contributed by atoms with Gasteiger partial charge in [-0.25, -0.2) is 0 Å².